The van der Waals surface area contributed by atoms with E-state index < -0.39 is 15.6 Å². The van der Waals surface area contributed by atoms with Crippen LogP contribution in [0, 0.1) is 6.92 Å². The molecular weight excluding hydrogens is 416 g/mol. The second-order valence-electron chi connectivity index (χ2n) is 6.66. The quantitative estimate of drug-likeness (QED) is 0.268. The molecule has 0 radical (unpaired) electrons. The lowest BCUT2D eigenvalue weighted by molar-refractivity contribution is 0.0428. The minimum Gasteiger partial charge on any atom is -0.463 e. The highest BCUT2D eigenvalue weighted by atomic mass is 35.5. The molecule has 0 aliphatic heterocycles. The summed E-state index contributed by atoms with van der Waals surface area (Å²) in [6, 6.07) is 9.56. The number of hydrogen-bond acceptors (Lipinski definition) is 5. The third kappa shape index (κ3) is 7.04. The van der Waals surface area contributed by atoms with Crippen molar-refractivity contribution in [3.63, 3.8) is 0 Å². The fourth-order valence-corrected chi connectivity index (χ4v) is 3.79. The smallest absolute Gasteiger partial charge is 0.240 e. The minimum atomic E-state index is -3.65. The lowest BCUT2D eigenvalue weighted by atomic mass is 10.0. The van der Waals surface area contributed by atoms with E-state index >= 15 is 0 Å². The van der Waals surface area contributed by atoms with Gasteiger partial charge in [-0.15, -0.1) is 0 Å². The van der Waals surface area contributed by atoms with E-state index in [0.29, 0.717) is 35.6 Å². The first kappa shape index (κ1) is 23.2. The topological polar surface area (TPSA) is 116 Å². The van der Waals surface area contributed by atoms with Crippen LogP contribution in [0.2, 0.25) is 5.02 Å². The molecule has 2 rings (SSSR count). The summed E-state index contributed by atoms with van der Waals surface area (Å²) >= 11 is 5.85. The number of aliphatic imine (C=N–C) groups is 1. The molecule has 0 saturated heterocycles. The molecule has 0 fully saturated rings. The molecule has 1 aromatic carbocycles. The van der Waals surface area contributed by atoms with E-state index in [1.54, 1.807) is 38.1 Å². The number of guanidine groups is 1. The van der Waals surface area contributed by atoms with Crippen molar-refractivity contribution in [2.24, 2.45) is 4.99 Å². The summed E-state index contributed by atoms with van der Waals surface area (Å²) in [6.07, 6.45) is 0. The van der Waals surface area contributed by atoms with Crippen LogP contribution in [0.1, 0.15) is 25.4 Å². The number of nitrogens with zero attached hydrogens (tertiary/aromatic N) is 1. The number of benzene rings is 1. The van der Waals surface area contributed by atoms with Gasteiger partial charge in [-0.1, -0.05) is 17.7 Å². The normalized spacial score (nSPS) is 14.4. The number of nitrogens with one attached hydrogen (secondary N) is 3. The van der Waals surface area contributed by atoms with E-state index in [4.69, 9.17) is 16.0 Å². The van der Waals surface area contributed by atoms with Crippen LogP contribution >= 0.6 is 11.6 Å². The van der Waals surface area contributed by atoms with E-state index in [-0.39, 0.29) is 18.0 Å². The van der Waals surface area contributed by atoms with E-state index in [2.05, 4.69) is 20.3 Å². The van der Waals surface area contributed by atoms with E-state index in [1.807, 2.05) is 6.92 Å². The first-order chi connectivity index (χ1) is 13.6. The number of hydrogen-bond donors (Lipinski definition) is 4. The van der Waals surface area contributed by atoms with Gasteiger partial charge in [0.05, 0.1) is 11.4 Å². The molecule has 2 aromatic rings. The summed E-state index contributed by atoms with van der Waals surface area (Å²) in [5.74, 6) is 1.60. The van der Waals surface area contributed by atoms with Crippen LogP contribution in [0.15, 0.2) is 50.7 Å². The minimum absolute atomic E-state index is 0.0729. The predicted molar refractivity (Wildman–Crippen MR) is 114 cm³/mol. The number of sulfonamides is 1. The van der Waals surface area contributed by atoms with Crippen molar-refractivity contribution in [1.82, 2.24) is 15.4 Å². The SMILES string of the molecule is CCNC(=NCC(C)(O)c1ccc(C)o1)NCCNS(=O)(=O)c1cccc(Cl)c1. The van der Waals surface area contributed by atoms with E-state index in [9.17, 15) is 13.5 Å². The molecule has 8 nitrogen and oxygen atoms in total. The van der Waals surface area contributed by atoms with Gasteiger partial charge < -0.3 is 20.2 Å². The average Bonchev–Trinajstić information content (AvgIpc) is 3.10. The molecule has 0 bridgehead atoms. The lowest BCUT2D eigenvalue weighted by Gasteiger charge is -2.19. The maximum Gasteiger partial charge on any atom is 0.240 e. The van der Waals surface area contributed by atoms with Crippen LogP contribution < -0.4 is 15.4 Å². The highest BCUT2D eigenvalue weighted by Crippen LogP contribution is 2.23. The van der Waals surface area contributed by atoms with Crippen LogP contribution in [-0.2, 0) is 15.6 Å². The molecule has 0 saturated carbocycles. The molecule has 1 atom stereocenters. The molecule has 0 aliphatic rings. The molecule has 160 valence electrons. The van der Waals surface area contributed by atoms with Gasteiger partial charge in [-0.3, -0.25) is 0 Å². The van der Waals surface area contributed by atoms with E-state index in [1.165, 1.54) is 12.1 Å². The second-order valence-corrected chi connectivity index (χ2v) is 8.86. The summed E-state index contributed by atoms with van der Waals surface area (Å²) in [5, 5.41) is 17.0. The Bertz CT molecular complexity index is 941. The molecular formula is C19H27ClN4O4S. The zero-order chi connectivity index (χ0) is 21.5. The molecule has 29 heavy (non-hydrogen) atoms. The van der Waals surface area contributed by atoms with Crippen LogP contribution in [0.3, 0.4) is 0 Å². The first-order valence-electron chi connectivity index (χ1n) is 9.21. The maximum absolute atomic E-state index is 12.3. The number of aryl methyl sites for hydroxylation is 1. The van der Waals surface area contributed by atoms with Crippen molar-refractivity contribution in [2.75, 3.05) is 26.2 Å². The zero-order valence-electron chi connectivity index (χ0n) is 16.7. The average molecular weight is 443 g/mol. The Morgan fingerprint density at radius 1 is 1.24 bits per heavy atom. The zero-order valence-corrected chi connectivity index (χ0v) is 18.3. The van der Waals surface area contributed by atoms with Crippen molar-refractivity contribution in [2.45, 2.75) is 31.3 Å². The Morgan fingerprint density at radius 3 is 2.62 bits per heavy atom. The largest absolute Gasteiger partial charge is 0.463 e. The Balaban J connectivity index is 1.91. The Hall–Kier alpha value is -2.07. The van der Waals surface area contributed by atoms with Gasteiger partial charge in [-0.2, -0.15) is 0 Å². The Morgan fingerprint density at radius 2 is 2.00 bits per heavy atom. The second kappa shape index (κ2) is 10.1. The van der Waals surface area contributed by atoms with Crippen molar-refractivity contribution in [1.29, 1.82) is 0 Å². The van der Waals surface area contributed by atoms with Crippen molar-refractivity contribution >= 4 is 27.6 Å². The Labute approximate surface area is 176 Å². The summed E-state index contributed by atoms with van der Waals surface area (Å²) in [7, 11) is -3.65. The van der Waals surface area contributed by atoms with Gasteiger partial charge in [-0.05, 0) is 51.1 Å². The molecule has 0 spiro atoms. The highest BCUT2D eigenvalue weighted by molar-refractivity contribution is 7.89. The molecule has 10 heteroatoms. The van der Waals surface area contributed by atoms with Crippen LogP contribution in [-0.4, -0.2) is 45.7 Å². The highest BCUT2D eigenvalue weighted by Gasteiger charge is 2.26. The van der Waals surface area contributed by atoms with Crippen molar-refractivity contribution in [3.05, 3.63) is 52.9 Å². The van der Waals surface area contributed by atoms with Crippen LogP contribution in [0.25, 0.3) is 0 Å². The Kier molecular flexibility index (Phi) is 8.09. The predicted octanol–water partition coefficient (Wildman–Crippen LogP) is 1.98. The van der Waals surface area contributed by atoms with E-state index in [0.717, 1.165) is 0 Å². The van der Waals surface area contributed by atoms with Crippen molar-refractivity contribution in [3.8, 4) is 0 Å². The standard InChI is InChI=1S/C19H27ClN4O4S/c1-4-21-18(23-13-19(3,25)17-9-8-14(2)28-17)22-10-11-24-29(26,27)16-7-5-6-15(20)12-16/h5-9,12,24-25H,4,10-11,13H2,1-3H3,(H2,21,22,23). The molecule has 4 N–H and O–H groups in total. The first-order valence-corrected chi connectivity index (χ1v) is 11.1. The third-order valence-corrected chi connectivity index (χ3v) is 5.67. The number of rotatable bonds is 9. The lowest BCUT2D eigenvalue weighted by Crippen LogP contribution is -2.42. The fourth-order valence-electron chi connectivity index (χ4n) is 2.46. The van der Waals surface area contributed by atoms with Crippen LogP contribution in [0.5, 0.6) is 0 Å². The maximum atomic E-state index is 12.3. The van der Waals surface area contributed by atoms with Gasteiger partial charge >= 0.3 is 0 Å². The fraction of sp³-hybridized carbons (Fsp3) is 0.421. The molecule has 0 amide bonds. The summed E-state index contributed by atoms with van der Waals surface area (Å²) in [5.41, 5.74) is -1.26. The van der Waals surface area contributed by atoms with Gasteiger partial charge in [0.2, 0.25) is 10.0 Å². The number of aliphatic hydroxyl groups is 1. The molecule has 1 heterocycles. The molecule has 1 aromatic heterocycles. The third-order valence-electron chi connectivity index (χ3n) is 3.98. The number of halogens is 1. The van der Waals surface area contributed by atoms with Gasteiger partial charge in [0.25, 0.3) is 0 Å². The van der Waals surface area contributed by atoms with Gasteiger partial charge in [0.1, 0.15) is 17.1 Å². The summed E-state index contributed by atoms with van der Waals surface area (Å²) in [4.78, 5) is 4.47. The van der Waals surface area contributed by atoms with Crippen LogP contribution in [0.4, 0.5) is 0 Å². The van der Waals surface area contributed by atoms with Gasteiger partial charge in [0, 0.05) is 24.7 Å². The van der Waals surface area contributed by atoms with Crippen molar-refractivity contribution < 1.29 is 17.9 Å². The summed E-state index contributed by atoms with van der Waals surface area (Å²) in [6.45, 7) is 6.47. The number of furan rings is 1. The monoisotopic (exact) mass is 442 g/mol. The van der Waals surface area contributed by atoms with Gasteiger partial charge in [-0.25, -0.2) is 18.1 Å². The molecule has 0 aliphatic carbocycles. The molecule has 1 unspecified atom stereocenters. The summed E-state index contributed by atoms with van der Waals surface area (Å²) < 4.78 is 32.6. The van der Waals surface area contributed by atoms with Gasteiger partial charge in [0.15, 0.2) is 5.96 Å².